The molecule has 0 spiro atoms. The molecule has 384 valence electrons. The number of thioether (sulfide) groups is 1. The molecule has 70 heavy (non-hydrogen) atoms. The Balaban J connectivity index is 1.09. The van der Waals surface area contributed by atoms with Gasteiger partial charge in [-0.05, 0) is 129 Å². The lowest BCUT2D eigenvalue weighted by atomic mass is 9.85. The number of nitrogens with zero attached hydrogens (tertiary/aromatic N) is 3. The predicted octanol–water partition coefficient (Wildman–Crippen LogP) is 10.1. The Kier molecular flexibility index (Phi) is 23.7. The van der Waals surface area contributed by atoms with Crippen molar-refractivity contribution in [1.29, 1.82) is 0 Å². The third kappa shape index (κ3) is 17.7. The van der Waals surface area contributed by atoms with E-state index in [2.05, 4.69) is 38.0 Å². The number of rotatable bonds is 27. The molecule has 0 bridgehead atoms. The lowest BCUT2D eigenvalue weighted by Gasteiger charge is -2.35. The van der Waals surface area contributed by atoms with E-state index in [1.807, 2.05) is 94.8 Å². The van der Waals surface area contributed by atoms with Crippen LogP contribution in [-0.4, -0.2) is 103 Å². The topological polar surface area (TPSA) is 165 Å². The number of unbranched alkanes of at least 4 members (excludes halogenated alkanes) is 7. The van der Waals surface area contributed by atoms with Crippen molar-refractivity contribution in [3.63, 3.8) is 0 Å². The van der Waals surface area contributed by atoms with E-state index in [1.54, 1.807) is 17.8 Å². The Morgan fingerprint density at radius 1 is 0.929 bits per heavy atom. The molecule has 0 aliphatic carbocycles. The fraction of sp³-hybridized carbons (Fsp3) is 0.519. The van der Waals surface area contributed by atoms with E-state index in [4.69, 9.17) is 4.84 Å². The normalized spacial score (nSPS) is 16.1. The fourth-order valence-electron chi connectivity index (χ4n) is 8.22. The van der Waals surface area contributed by atoms with Gasteiger partial charge in [-0.1, -0.05) is 83.6 Å². The van der Waals surface area contributed by atoms with Crippen LogP contribution in [-0.2, 0) is 19.2 Å². The molecule has 3 aromatic carbocycles. The molecule has 1 aliphatic heterocycles. The molecular formula is C52H71F3IN7O6S. The number of benzene rings is 3. The van der Waals surface area contributed by atoms with E-state index in [1.165, 1.54) is 17.0 Å². The van der Waals surface area contributed by atoms with Gasteiger partial charge in [-0.25, -0.2) is 18.7 Å². The largest absolute Gasteiger partial charge is 0.391 e. The molecule has 0 radical (unpaired) electrons. The lowest BCUT2D eigenvalue weighted by Crippen LogP contribution is -2.57. The molecule has 0 unspecified atom stereocenters. The minimum Gasteiger partial charge on any atom is -0.391 e. The average molecular weight is 1110 g/mol. The number of aliphatic hydroxyl groups is 1. The molecule has 1 heterocycles. The first-order chi connectivity index (χ1) is 33.2. The van der Waals surface area contributed by atoms with Crippen molar-refractivity contribution in [3.8, 4) is 0 Å². The molecule has 4 rings (SSSR count). The van der Waals surface area contributed by atoms with Crippen molar-refractivity contribution >= 4 is 81.0 Å². The summed E-state index contributed by atoms with van der Waals surface area (Å²) >= 11 is 3.51. The first-order valence-electron chi connectivity index (χ1n) is 24.0. The van der Waals surface area contributed by atoms with Gasteiger partial charge in [0.05, 0.1) is 41.4 Å². The highest BCUT2D eigenvalue weighted by Gasteiger charge is 2.44. The Bertz CT molecular complexity index is 2280. The van der Waals surface area contributed by atoms with Crippen LogP contribution in [0.25, 0.3) is 4.91 Å². The molecule has 0 saturated carbocycles. The summed E-state index contributed by atoms with van der Waals surface area (Å²) < 4.78 is 43.8. The summed E-state index contributed by atoms with van der Waals surface area (Å²) in [6.45, 7) is 14.9. The lowest BCUT2D eigenvalue weighted by molar-refractivity contribution is -0.144. The molecular weight excluding hydrogens is 1030 g/mol. The Hall–Kier alpha value is -4.50. The number of β-amino-alcohol motifs (C(OH)–C–C–N with tert-alkyl or cyclic N) is 1. The number of halogens is 4. The smallest absolute Gasteiger partial charge is 0.277 e. The van der Waals surface area contributed by atoms with Gasteiger partial charge in [-0.3, -0.25) is 29.0 Å². The van der Waals surface area contributed by atoms with Crippen molar-refractivity contribution in [3.05, 3.63) is 98.0 Å². The van der Waals surface area contributed by atoms with Crippen LogP contribution in [0.4, 0.5) is 24.5 Å². The first kappa shape index (κ1) is 58.1. The molecule has 1 saturated heterocycles. The van der Waals surface area contributed by atoms with Crippen molar-refractivity contribution in [2.75, 3.05) is 44.9 Å². The zero-order valence-corrected chi connectivity index (χ0v) is 44.5. The van der Waals surface area contributed by atoms with Gasteiger partial charge in [0, 0.05) is 34.4 Å². The first-order valence-corrected chi connectivity index (χ1v) is 26.3. The monoisotopic (exact) mass is 1110 g/mol. The number of aliphatic imine (C=N–C) groups is 1. The predicted molar refractivity (Wildman–Crippen MR) is 282 cm³/mol. The van der Waals surface area contributed by atoms with Gasteiger partial charge < -0.3 is 30.9 Å². The molecule has 0 aromatic heterocycles. The second-order valence-corrected chi connectivity index (χ2v) is 21.0. The van der Waals surface area contributed by atoms with E-state index in [-0.39, 0.29) is 61.0 Å². The van der Waals surface area contributed by atoms with Gasteiger partial charge in [-0.2, -0.15) is 0 Å². The number of nitrogens with one attached hydrogen (secondary N) is 4. The summed E-state index contributed by atoms with van der Waals surface area (Å²) in [4.78, 5) is 67.7. The van der Waals surface area contributed by atoms with Crippen LogP contribution < -0.4 is 21.4 Å². The van der Waals surface area contributed by atoms with Gasteiger partial charge in [0.1, 0.15) is 17.9 Å². The number of hydrogen-bond donors (Lipinski definition) is 5. The maximum Gasteiger partial charge on any atom is 0.277 e. The second-order valence-electron chi connectivity index (χ2n) is 18.9. The third-order valence-corrected chi connectivity index (χ3v) is 13.9. The fourth-order valence-corrected chi connectivity index (χ4v) is 9.41. The Morgan fingerprint density at radius 2 is 1.57 bits per heavy atom. The van der Waals surface area contributed by atoms with Crippen LogP contribution in [0.15, 0.2) is 65.3 Å². The van der Waals surface area contributed by atoms with E-state index < -0.39 is 52.6 Å². The van der Waals surface area contributed by atoms with Crippen molar-refractivity contribution in [1.82, 2.24) is 25.9 Å². The van der Waals surface area contributed by atoms with E-state index in [0.717, 1.165) is 91.9 Å². The Morgan fingerprint density at radius 3 is 2.20 bits per heavy atom. The van der Waals surface area contributed by atoms with Crippen molar-refractivity contribution in [2.24, 2.45) is 10.4 Å². The highest BCUT2D eigenvalue weighted by atomic mass is 127. The average Bonchev–Trinajstić information content (AvgIpc) is 3.72. The molecule has 1 fully saturated rings. The molecule has 3 aromatic rings. The van der Waals surface area contributed by atoms with Crippen molar-refractivity contribution in [2.45, 2.75) is 129 Å². The van der Waals surface area contributed by atoms with Crippen molar-refractivity contribution < 1.29 is 42.3 Å². The highest BCUT2D eigenvalue weighted by molar-refractivity contribution is 14.1. The molecule has 4 amide bonds. The summed E-state index contributed by atoms with van der Waals surface area (Å²) in [6, 6.07) is 11.9. The van der Waals surface area contributed by atoms with E-state index in [0.29, 0.717) is 16.4 Å². The third-order valence-electron chi connectivity index (χ3n) is 12.3. The maximum atomic E-state index is 14.7. The molecule has 5 N–H and O–H groups in total. The van der Waals surface area contributed by atoms with Crippen LogP contribution in [0.5, 0.6) is 0 Å². The number of amides is 4. The van der Waals surface area contributed by atoms with Crippen LogP contribution in [0.1, 0.15) is 133 Å². The summed E-state index contributed by atoms with van der Waals surface area (Å²) in [5.74, 6) is -4.94. The molecule has 13 nitrogen and oxygen atoms in total. The minimum atomic E-state index is -1.31. The van der Waals surface area contributed by atoms with Crippen LogP contribution in [0, 0.1) is 26.4 Å². The SMILES string of the molecule is C=N/C(C)=C(\SC)c1ccc([C@H](C)NC(=O)[C@@H]2C[C@@H](O)CN2C(=O)[C@@H](NC(=O)CCCCCCCCCCN(C)CCCONC(=O)c2ccc(F)c(F)c2Nc2ccc(I)cc2F)C(C)(C)C)cc1. The second kappa shape index (κ2) is 28.5. The highest BCUT2D eigenvalue weighted by Crippen LogP contribution is 2.32. The number of hydrogen-bond acceptors (Lipinski definition) is 10. The van der Waals surface area contributed by atoms with Gasteiger partial charge in [0.2, 0.25) is 17.7 Å². The van der Waals surface area contributed by atoms with Gasteiger partial charge in [-0.15, -0.1) is 11.8 Å². The summed E-state index contributed by atoms with van der Waals surface area (Å²) in [5.41, 5.74) is 3.50. The Labute approximate surface area is 429 Å². The van der Waals surface area contributed by atoms with Crippen LogP contribution in [0.3, 0.4) is 0 Å². The number of allylic oxidation sites excluding steroid dienone is 1. The zero-order valence-electron chi connectivity index (χ0n) is 41.6. The number of likely N-dealkylation sites (tertiary alicyclic amines) is 1. The summed E-state index contributed by atoms with van der Waals surface area (Å²) in [5, 5.41) is 19.1. The van der Waals surface area contributed by atoms with E-state index in [9.17, 15) is 37.5 Å². The van der Waals surface area contributed by atoms with Gasteiger partial charge in [0.15, 0.2) is 11.6 Å². The maximum absolute atomic E-state index is 14.7. The number of carbonyl (C=O) groups is 4. The van der Waals surface area contributed by atoms with Gasteiger partial charge >= 0.3 is 0 Å². The quantitative estimate of drug-likeness (QED) is 0.0216. The number of aliphatic hydroxyl groups excluding tert-OH is 1. The molecule has 18 heteroatoms. The summed E-state index contributed by atoms with van der Waals surface area (Å²) in [7, 11) is 2.01. The zero-order chi connectivity index (χ0) is 51.5. The van der Waals surface area contributed by atoms with E-state index >= 15 is 0 Å². The number of hydroxylamine groups is 1. The summed E-state index contributed by atoms with van der Waals surface area (Å²) in [6.07, 6.45) is 10.1. The molecule has 1 aliphatic rings. The minimum absolute atomic E-state index is 0.00664. The molecule has 4 atom stereocenters. The number of carbonyl (C=O) groups excluding carboxylic acids is 4. The van der Waals surface area contributed by atoms with Crippen LogP contribution >= 0.6 is 34.4 Å². The van der Waals surface area contributed by atoms with Gasteiger partial charge in [0.25, 0.3) is 5.91 Å². The standard InChI is InChI=1S/C52H71F3IN7O6S/c1-33(35-19-21-36(22-20-35)47(70-8)34(2)57-6)58-50(67)43-31-38(64)32-63(43)51(68)48(52(3,4)5)60-44(65)18-15-13-11-9-10-12-14-16-27-62(7)28-17-29-69-61-49(66)39-24-25-40(53)45(55)46(39)59-42-26-23-37(56)30-41(42)54/h19-26,30,33,38,43,48,59,64H,6,9-18,27-29,31-32H2,1-5,7-8H3,(H,58,67)(H,60,65)(H,61,66)/b47-34-/t33-,38+,43-,48+/m0/s1. The van der Waals surface area contributed by atoms with Crippen LogP contribution in [0.2, 0.25) is 0 Å². The number of anilines is 2.